The van der Waals surface area contributed by atoms with Crippen LogP contribution in [0.1, 0.15) is 24.8 Å². The van der Waals surface area contributed by atoms with Crippen LogP contribution < -0.4 is 5.73 Å². The highest BCUT2D eigenvalue weighted by atomic mass is 79.9. The first kappa shape index (κ1) is 11.0. The molecule has 0 aliphatic carbocycles. The molecular formula is C10H13BrClN. The van der Waals surface area contributed by atoms with Gasteiger partial charge in [0, 0.05) is 9.50 Å². The average Bonchev–Trinajstić information content (AvgIpc) is 2.04. The van der Waals surface area contributed by atoms with E-state index in [1.54, 1.807) is 0 Å². The van der Waals surface area contributed by atoms with Gasteiger partial charge in [-0.1, -0.05) is 40.5 Å². The van der Waals surface area contributed by atoms with Gasteiger partial charge in [-0.2, -0.15) is 0 Å². The van der Waals surface area contributed by atoms with Crippen LogP contribution in [-0.2, 0) is 0 Å². The Kier molecular flexibility index (Phi) is 4.23. The number of hydrogen-bond donors (Lipinski definition) is 1. The molecule has 2 N–H and O–H groups in total. The highest BCUT2D eigenvalue weighted by Crippen LogP contribution is 2.29. The molecule has 0 aliphatic heterocycles. The molecule has 0 fully saturated rings. The van der Waals surface area contributed by atoms with Crippen molar-refractivity contribution in [2.75, 3.05) is 6.54 Å². The molecule has 0 saturated carbocycles. The molecule has 0 aliphatic rings. The van der Waals surface area contributed by atoms with E-state index in [1.807, 2.05) is 18.2 Å². The van der Waals surface area contributed by atoms with Crippen molar-refractivity contribution in [1.82, 2.24) is 0 Å². The van der Waals surface area contributed by atoms with Gasteiger partial charge in [0.2, 0.25) is 0 Å². The Hall–Kier alpha value is -0.0500. The Morgan fingerprint density at radius 2 is 2.23 bits per heavy atom. The average molecular weight is 263 g/mol. The second-order valence-corrected chi connectivity index (χ2v) is 4.44. The van der Waals surface area contributed by atoms with Crippen LogP contribution >= 0.6 is 27.5 Å². The summed E-state index contributed by atoms with van der Waals surface area (Å²) in [4.78, 5) is 0. The smallest absolute Gasteiger partial charge is 0.0417 e. The number of nitrogens with two attached hydrogens (primary N) is 1. The molecule has 0 amide bonds. The number of halogens is 2. The molecule has 0 bridgehead atoms. The van der Waals surface area contributed by atoms with Gasteiger partial charge in [0.25, 0.3) is 0 Å². The van der Waals surface area contributed by atoms with Gasteiger partial charge in [0.15, 0.2) is 0 Å². The van der Waals surface area contributed by atoms with Gasteiger partial charge in [0.1, 0.15) is 0 Å². The van der Waals surface area contributed by atoms with E-state index in [-0.39, 0.29) is 0 Å². The van der Waals surface area contributed by atoms with Crippen molar-refractivity contribution in [2.24, 2.45) is 5.73 Å². The normalized spacial score (nSPS) is 12.9. The summed E-state index contributed by atoms with van der Waals surface area (Å²) in [5.74, 6) is 0.483. The van der Waals surface area contributed by atoms with Crippen LogP contribution in [0.5, 0.6) is 0 Å². The first-order valence-electron chi connectivity index (χ1n) is 4.30. The molecule has 72 valence electrons. The zero-order valence-corrected chi connectivity index (χ0v) is 9.90. The maximum Gasteiger partial charge on any atom is 0.0417 e. The fourth-order valence-electron chi connectivity index (χ4n) is 1.31. The standard InChI is InChI=1S/C10H13BrClN/c1-7(4-5-13)9-3-2-8(12)6-10(9)11/h2-3,6-7H,4-5,13H2,1H3. The third-order valence-corrected chi connectivity index (χ3v) is 3.01. The largest absolute Gasteiger partial charge is 0.330 e. The summed E-state index contributed by atoms with van der Waals surface area (Å²) in [6.45, 7) is 2.89. The van der Waals surface area contributed by atoms with Crippen molar-refractivity contribution in [2.45, 2.75) is 19.3 Å². The molecule has 1 aromatic rings. The number of hydrogen-bond acceptors (Lipinski definition) is 1. The molecular weight excluding hydrogens is 249 g/mol. The molecule has 13 heavy (non-hydrogen) atoms. The maximum absolute atomic E-state index is 5.84. The van der Waals surface area contributed by atoms with E-state index in [2.05, 4.69) is 22.9 Å². The highest BCUT2D eigenvalue weighted by molar-refractivity contribution is 9.10. The van der Waals surface area contributed by atoms with E-state index in [1.165, 1.54) is 5.56 Å². The highest BCUT2D eigenvalue weighted by Gasteiger charge is 2.08. The minimum atomic E-state index is 0.483. The fraction of sp³-hybridized carbons (Fsp3) is 0.400. The summed E-state index contributed by atoms with van der Waals surface area (Å²) >= 11 is 9.34. The third kappa shape index (κ3) is 2.97. The van der Waals surface area contributed by atoms with Gasteiger partial charge in [-0.3, -0.25) is 0 Å². The van der Waals surface area contributed by atoms with Crippen LogP contribution in [-0.4, -0.2) is 6.54 Å². The SMILES string of the molecule is CC(CCN)c1ccc(Cl)cc1Br. The first-order chi connectivity index (χ1) is 6.15. The van der Waals surface area contributed by atoms with Crippen LogP contribution in [0, 0.1) is 0 Å². The van der Waals surface area contributed by atoms with Gasteiger partial charge in [0.05, 0.1) is 0 Å². The van der Waals surface area contributed by atoms with E-state index in [0.717, 1.165) is 22.5 Å². The third-order valence-electron chi connectivity index (χ3n) is 2.09. The molecule has 0 aromatic heterocycles. The van der Waals surface area contributed by atoms with Crippen molar-refractivity contribution in [3.8, 4) is 0 Å². The van der Waals surface area contributed by atoms with Crippen LogP contribution in [0.4, 0.5) is 0 Å². The monoisotopic (exact) mass is 261 g/mol. The molecule has 0 radical (unpaired) electrons. The van der Waals surface area contributed by atoms with Gasteiger partial charge >= 0.3 is 0 Å². The Morgan fingerprint density at radius 1 is 1.54 bits per heavy atom. The Balaban J connectivity index is 2.88. The molecule has 3 heteroatoms. The lowest BCUT2D eigenvalue weighted by atomic mass is 9.98. The van der Waals surface area contributed by atoms with E-state index >= 15 is 0 Å². The number of benzene rings is 1. The quantitative estimate of drug-likeness (QED) is 0.886. The topological polar surface area (TPSA) is 26.0 Å². The van der Waals surface area contributed by atoms with E-state index in [0.29, 0.717) is 5.92 Å². The van der Waals surface area contributed by atoms with Crippen LogP contribution in [0.3, 0.4) is 0 Å². The van der Waals surface area contributed by atoms with Crippen molar-refractivity contribution in [3.05, 3.63) is 33.3 Å². The summed E-state index contributed by atoms with van der Waals surface area (Å²) in [6.07, 6.45) is 1.00. The lowest BCUT2D eigenvalue weighted by Crippen LogP contribution is -2.04. The van der Waals surface area contributed by atoms with Gasteiger partial charge in [-0.15, -0.1) is 0 Å². The van der Waals surface area contributed by atoms with Crippen molar-refractivity contribution in [3.63, 3.8) is 0 Å². The zero-order valence-electron chi connectivity index (χ0n) is 7.56. The van der Waals surface area contributed by atoms with Gasteiger partial charge in [-0.25, -0.2) is 0 Å². The number of rotatable bonds is 3. The minimum Gasteiger partial charge on any atom is -0.330 e. The van der Waals surface area contributed by atoms with Crippen LogP contribution in [0.25, 0.3) is 0 Å². The molecule has 1 unspecified atom stereocenters. The van der Waals surface area contributed by atoms with Crippen molar-refractivity contribution < 1.29 is 0 Å². The predicted molar refractivity (Wildman–Crippen MR) is 61.2 cm³/mol. The lowest BCUT2D eigenvalue weighted by molar-refractivity contribution is 0.687. The molecule has 0 spiro atoms. The molecule has 1 rings (SSSR count). The second-order valence-electron chi connectivity index (χ2n) is 3.14. The Morgan fingerprint density at radius 3 is 2.77 bits per heavy atom. The van der Waals surface area contributed by atoms with Crippen molar-refractivity contribution in [1.29, 1.82) is 0 Å². The molecule has 0 heterocycles. The summed E-state index contributed by atoms with van der Waals surface area (Å²) in [6, 6.07) is 5.88. The van der Waals surface area contributed by atoms with Gasteiger partial charge in [-0.05, 0) is 36.6 Å². The maximum atomic E-state index is 5.84. The molecule has 0 saturated heterocycles. The molecule has 1 atom stereocenters. The molecule has 1 aromatic carbocycles. The Bertz CT molecular complexity index is 288. The molecule has 1 nitrogen and oxygen atoms in total. The van der Waals surface area contributed by atoms with Crippen molar-refractivity contribution >= 4 is 27.5 Å². The fourth-order valence-corrected chi connectivity index (χ4v) is 2.38. The predicted octanol–water partition coefficient (Wildman–Crippen LogP) is 3.55. The van der Waals surface area contributed by atoms with Crippen LogP contribution in [0.2, 0.25) is 5.02 Å². The summed E-state index contributed by atoms with van der Waals surface area (Å²) in [5, 5.41) is 0.760. The summed E-state index contributed by atoms with van der Waals surface area (Å²) < 4.78 is 1.07. The summed E-state index contributed by atoms with van der Waals surface area (Å²) in [5.41, 5.74) is 6.78. The van der Waals surface area contributed by atoms with E-state index < -0.39 is 0 Å². The minimum absolute atomic E-state index is 0.483. The van der Waals surface area contributed by atoms with E-state index in [4.69, 9.17) is 17.3 Å². The first-order valence-corrected chi connectivity index (χ1v) is 5.47. The zero-order chi connectivity index (χ0) is 9.84. The Labute approximate surface area is 92.4 Å². The van der Waals surface area contributed by atoms with Crippen LogP contribution in [0.15, 0.2) is 22.7 Å². The van der Waals surface area contributed by atoms with E-state index in [9.17, 15) is 0 Å². The van der Waals surface area contributed by atoms with Gasteiger partial charge < -0.3 is 5.73 Å². The second kappa shape index (κ2) is 4.99. The lowest BCUT2D eigenvalue weighted by Gasteiger charge is -2.12. The summed E-state index contributed by atoms with van der Waals surface area (Å²) in [7, 11) is 0.